The van der Waals surface area contributed by atoms with Gasteiger partial charge in [0.05, 0.1) is 4.88 Å². The number of carbonyl (C=O) groups excluding carboxylic acids is 1. The average molecular weight is 382 g/mol. The van der Waals surface area contributed by atoms with Crippen molar-refractivity contribution in [2.75, 3.05) is 19.6 Å². The maximum absolute atomic E-state index is 12.7. The summed E-state index contributed by atoms with van der Waals surface area (Å²) < 4.78 is 5.29. The van der Waals surface area contributed by atoms with Crippen LogP contribution in [-0.2, 0) is 11.2 Å². The van der Waals surface area contributed by atoms with Gasteiger partial charge in [-0.1, -0.05) is 41.6 Å². The van der Waals surface area contributed by atoms with E-state index >= 15 is 0 Å². The molecule has 1 fully saturated rings. The lowest BCUT2D eigenvalue weighted by Gasteiger charge is -2.16. The van der Waals surface area contributed by atoms with Crippen molar-refractivity contribution in [3.8, 4) is 10.7 Å². The highest BCUT2D eigenvalue weighted by atomic mass is 32.1. The summed E-state index contributed by atoms with van der Waals surface area (Å²) in [6.45, 7) is 2.01. The number of amides is 1. The molecule has 6 nitrogen and oxygen atoms in total. The van der Waals surface area contributed by atoms with Crippen LogP contribution >= 0.6 is 11.3 Å². The molecule has 2 N–H and O–H groups in total. The van der Waals surface area contributed by atoms with E-state index in [4.69, 9.17) is 10.3 Å². The molecule has 0 aliphatic carbocycles. The SMILES string of the molecule is NC[C@@H]1CN(C(=O)CCc2nc(-c3cccs3)no2)C[C@H]1c1ccccc1. The molecule has 4 rings (SSSR count). The highest BCUT2D eigenvalue weighted by Gasteiger charge is 2.35. The van der Waals surface area contributed by atoms with Gasteiger partial charge in [0.1, 0.15) is 0 Å². The molecule has 1 saturated heterocycles. The molecule has 27 heavy (non-hydrogen) atoms. The maximum Gasteiger partial charge on any atom is 0.227 e. The number of benzene rings is 1. The summed E-state index contributed by atoms with van der Waals surface area (Å²) in [6, 6.07) is 14.2. The number of nitrogens with zero attached hydrogens (tertiary/aromatic N) is 3. The molecule has 7 heteroatoms. The lowest BCUT2D eigenvalue weighted by atomic mass is 9.89. The number of nitrogens with two attached hydrogens (primary N) is 1. The summed E-state index contributed by atoms with van der Waals surface area (Å²) in [5.74, 6) is 1.80. The second kappa shape index (κ2) is 8.02. The number of hydrogen-bond acceptors (Lipinski definition) is 6. The van der Waals surface area contributed by atoms with Crippen molar-refractivity contribution in [1.82, 2.24) is 15.0 Å². The summed E-state index contributed by atoms with van der Waals surface area (Å²) in [5.41, 5.74) is 7.22. The Morgan fingerprint density at radius 3 is 2.81 bits per heavy atom. The van der Waals surface area contributed by atoms with E-state index in [0.29, 0.717) is 49.5 Å². The molecule has 140 valence electrons. The Labute approximate surface area is 162 Å². The van der Waals surface area contributed by atoms with Crippen LogP contribution in [0.1, 0.15) is 23.8 Å². The summed E-state index contributed by atoms with van der Waals surface area (Å²) in [6.07, 6.45) is 0.821. The molecule has 1 aliphatic rings. The van der Waals surface area contributed by atoms with Crippen molar-refractivity contribution in [3.63, 3.8) is 0 Å². The second-order valence-corrected chi connectivity index (χ2v) is 7.75. The number of aryl methyl sites for hydroxylation is 1. The number of likely N-dealkylation sites (tertiary alicyclic amines) is 1. The topological polar surface area (TPSA) is 85.2 Å². The molecule has 0 radical (unpaired) electrons. The van der Waals surface area contributed by atoms with Crippen LogP contribution in [0, 0.1) is 5.92 Å². The number of aromatic nitrogens is 2. The van der Waals surface area contributed by atoms with E-state index in [2.05, 4.69) is 22.3 Å². The zero-order valence-electron chi connectivity index (χ0n) is 15.0. The Balaban J connectivity index is 1.36. The van der Waals surface area contributed by atoms with Gasteiger partial charge in [0.2, 0.25) is 17.6 Å². The average Bonchev–Trinajstić information content (AvgIpc) is 3.46. The second-order valence-electron chi connectivity index (χ2n) is 6.80. The van der Waals surface area contributed by atoms with Crippen LogP contribution in [0.25, 0.3) is 10.7 Å². The van der Waals surface area contributed by atoms with Crippen molar-refractivity contribution >= 4 is 17.2 Å². The molecule has 1 aromatic carbocycles. The van der Waals surface area contributed by atoms with E-state index in [-0.39, 0.29) is 5.91 Å². The van der Waals surface area contributed by atoms with Crippen molar-refractivity contribution < 1.29 is 9.32 Å². The first-order valence-electron chi connectivity index (χ1n) is 9.14. The fraction of sp³-hybridized carbons (Fsp3) is 0.350. The lowest BCUT2D eigenvalue weighted by Crippen LogP contribution is -2.30. The summed E-state index contributed by atoms with van der Waals surface area (Å²) in [7, 11) is 0. The fourth-order valence-corrected chi connectivity index (χ4v) is 4.28. The third kappa shape index (κ3) is 3.94. The molecule has 1 amide bonds. The third-order valence-corrected chi connectivity index (χ3v) is 5.95. The normalized spacial score (nSPS) is 19.5. The van der Waals surface area contributed by atoms with Gasteiger partial charge in [-0.2, -0.15) is 4.98 Å². The van der Waals surface area contributed by atoms with Gasteiger partial charge in [0.25, 0.3) is 0 Å². The number of carbonyl (C=O) groups is 1. The standard InChI is InChI=1S/C20H22N4O2S/c21-11-15-12-24(13-16(15)14-5-2-1-3-6-14)19(25)9-8-18-22-20(23-26-18)17-7-4-10-27-17/h1-7,10,15-16H,8-9,11-13,21H2/t15-,16+/m1/s1. The van der Waals surface area contributed by atoms with Gasteiger partial charge in [-0.15, -0.1) is 11.3 Å². The molecule has 0 bridgehead atoms. The highest BCUT2D eigenvalue weighted by Crippen LogP contribution is 2.32. The zero-order chi connectivity index (χ0) is 18.6. The number of thiophene rings is 1. The molecule has 3 aromatic rings. The molecule has 2 aromatic heterocycles. The van der Waals surface area contributed by atoms with E-state index in [1.165, 1.54) is 5.56 Å². The van der Waals surface area contributed by atoms with Gasteiger partial charge in [0, 0.05) is 31.8 Å². The maximum atomic E-state index is 12.7. The summed E-state index contributed by atoms with van der Waals surface area (Å²) in [5, 5.41) is 5.97. The Hall–Kier alpha value is -2.51. The number of rotatable bonds is 6. The Kier molecular flexibility index (Phi) is 5.31. The predicted octanol–water partition coefficient (Wildman–Crippen LogP) is 2.93. The summed E-state index contributed by atoms with van der Waals surface area (Å²) >= 11 is 1.56. The van der Waals surface area contributed by atoms with Gasteiger partial charge in [0.15, 0.2) is 0 Å². The Morgan fingerprint density at radius 1 is 1.22 bits per heavy atom. The monoisotopic (exact) mass is 382 g/mol. The molecule has 2 atom stereocenters. The van der Waals surface area contributed by atoms with E-state index < -0.39 is 0 Å². The quantitative estimate of drug-likeness (QED) is 0.708. The lowest BCUT2D eigenvalue weighted by molar-refractivity contribution is -0.130. The van der Waals surface area contributed by atoms with Gasteiger partial charge in [-0.3, -0.25) is 4.79 Å². The predicted molar refractivity (Wildman–Crippen MR) is 104 cm³/mol. The van der Waals surface area contributed by atoms with Crippen LogP contribution in [0.15, 0.2) is 52.4 Å². The van der Waals surface area contributed by atoms with E-state index in [1.807, 2.05) is 40.6 Å². The molecule has 3 heterocycles. The highest BCUT2D eigenvalue weighted by molar-refractivity contribution is 7.13. The minimum Gasteiger partial charge on any atom is -0.342 e. The van der Waals surface area contributed by atoms with Crippen LogP contribution in [0.4, 0.5) is 0 Å². The van der Waals surface area contributed by atoms with Gasteiger partial charge in [-0.25, -0.2) is 0 Å². The summed E-state index contributed by atoms with van der Waals surface area (Å²) in [4.78, 5) is 20.0. The molecule has 1 aliphatic heterocycles. The molecular formula is C20H22N4O2S. The van der Waals surface area contributed by atoms with Crippen molar-refractivity contribution in [2.24, 2.45) is 11.7 Å². The minimum atomic E-state index is 0.114. The van der Waals surface area contributed by atoms with Crippen LogP contribution in [0.5, 0.6) is 0 Å². The Morgan fingerprint density at radius 2 is 2.07 bits per heavy atom. The molecule has 0 saturated carbocycles. The first-order chi connectivity index (χ1) is 13.2. The van der Waals surface area contributed by atoms with Crippen LogP contribution in [0.2, 0.25) is 0 Å². The van der Waals surface area contributed by atoms with Gasteiger partial charge in [-0.05, 0) is 29.5 Å². The van der Waals surface area contributed by atoms with Crippen LogP contribution in [0.3, 0.4) is 0 Å². The number of hydrogen-bond donors (Lipinski definition) is 1. The van der Waals surface area contributed by atoms with Crippen molar-refractivity contribution in [3.05, 3.63) is 59.3 Å². The third-order valence-electron chi connectivity index (χ3n) is 5.09. The Bertz CT molecular complexity index is 879. The smallest absolute Gasteiger partial charge is 0.227 e. The van der Waals surface area contributed by atoms with E-state index in [1.54, 1.807) is 11.3 Å². The zero-order valence-corrected chi connectivity index (χ0v) is 15.8. The van der Waals surface area contributed by atoms with Crippen LogP contribution in [-0.4, -0.2) is 40.6 Å². The van der Waals surface area contributed by atoms with Crippen molar-refractivity contribution in [1.29, 1.82) is 0 Å². The largest absolute Gasteiger partial charge is 0.342 e. The van der Waals surface area contributed by atoms with Crippen LogP contribution < -0.4 is 5.73 Å². The van der Waals surface area contributed by atoms with E-state index in [0.717, 1.165) is 11.4 Å². The van der Waals surface area contributed by atoms with Crippen molar-refractivity contribution in [2.45, 2.75) is 18.8 Å². The first kappa shape index (κ1) is 17.9. The first-order valence-corrected chi connectivity index (χ1v) is 10.0. The van der Waals surface area contributed by atoms with E-state index in [9.17, 15) is 4.79 Å². The van der Waals surface area contributed by atoms with Gasteiger partial charge < -0.3 is 15.2 Å². The minimum absolute atomic E-state index is 0.114. The molecule has 0 spiro atoms. The molecular weight excluding hydrogens is 360 g/mol. The van der Waals surface area contributed by atoms with Gasteiger partial charge >= 0.3 is 0 Å². The fourth-order valence-electron chi connectivity index (χ4n) is 3.63. The molecule has 0 unspecified atom stereocenters.